The number of carbonyl (C=O) groups is 3. The van der Waals surface area contributed by atoms with Gasteiger partial charge in [0.1, 0.15) is 0 Å². The molecule has 1 aliphatic heterocycles. The summed E-state index contributed by atoms with van der Waals surface area (Å²) in [5, 5.41) is 6.47. The summed E-state index contributed by atoms with van der Waals surface area (Å²) in [6, 6.07) is 24.1. The van der Waals surface area contributed by atoms with Crippen LogP contribution in [0, 0.1) is 11.8 Å². The van der Waals surface area contributed by atoms with Gasteiger partial charge in [-0.15, -0.1) is 0 Å². The Morgan fingerprint density at radius 1 is 0.811 bits per heavy atom. The Morgan fingerprint density at radius 3 is 1.86 bits per heavy atom. The van der Waals surface area contributed by atoms with Crippen LogP contribution in [0.1, 0.15) is 46.1 Å². The highest BCUT2D eigenvalue weighted by Gasteiger charge is 2.61. The van der Waals surface area contributed by atoms with Crippen LogP contribution in [0.5, 0.6) is 0 Å². The number of para-hydroxylation sites is 1. The second-order valence-corrected chi connectivity index (χ2v) is 10.0. The highest BCUT2D eigenvalue weighted by Crippen LogP contribution is 2.60. The lowest BCUT2D eigenvalue weighted by atomic mass is 9.55. The number of carbonyl (C=O) groups excluding carboxylic acids is 3. The average molecular weight is 489 g/mol. The van der Waals surface area contributed by atoms with Gasteiger partial charge in [0.2, 0.25) is 5.91 Å². The van der Waals surface area contributed by atoms with E-state index in [-0.39, 0.29) is 36.0 Å². The summed E-state index contributed by atoms with van der Waals surface area (Å²) in [6.07, 6.45) is 3.68. The lowest BCUT2D eigenvalue weighted by Gasteiger charge is -2.45. The van der Waals surface area contributed by atoms with E-state index in [1.807, 2.05) is 59.3 Å². The van der Waals surface area contributed by atoms with Crippen molar-refractivity contribution in [3.8, 4) is 0 Å². The van der Waals surface area contributed by atoms with Gasteiger partial charge in [0.25, 0.3) is 11.8 Å². The first-order chi connectivity index (χ1) is 18.0. The number of hydrogen-bond acceptors (Lipinski definition) is 4. The number of nitrogens with zero attached hydrogens (tertiary/aromatic N) is 3. The lowest BCUT2D eigenvalue weighted by Crippen LogP contribution is -2.41. The van der Waals surface area contributed by atoms with Crippen molar-refractivity contribution in [2.24, 2.45) is 22.7 Å². The molecule has 182 valence electrons. The van der Waals surface area contributed by atoms with Gasteiger partial charge in [-0.3, -0.25) is 14.4 Å². The number of benzene rings is 3. The number of hydrogen-bond donors (Lipinski definition) is 1. The van der Waals surface area contributed by atoms with Crippen LogP contribution in [0.3, 0.4) is 0 Å². The van der Waals surface area contributed by atoms with Crippen LogP contribution in [0.25, 0.3) is 10.9 Å². The Labute approximate surface area is 213 Å². The second kappa shape index (κ2) is 8.00. The van der Waals surface area contributed by atoms with Crippen LogP contribution in [0.4, 0.5) is 0 Å². The minimum Gasteiger partial charge on any atom is -0.370 e. The molecule has 1 fully saturated rings. The fourth-order valence-corrected chi connectivity index (χ4v) is 6.69. The van der Waals surface area contributed by atoms with Crippen LogP contribution in [-0.2, 0) is 20.9 Å². The second-order valence-electron chi connectivity index (χ2n) is 10.0. The molecule has 0 spiro atoms. The quantitative estimate of drug-likeness (QED) is 0.342. The predicted octanol–water partition coefficient (Wildman–Crippen LogP) is 3.74. The van der Waals surface area contributed by atoms with Gasteiger partial charge in [-0.05, 0) is 28.3 Å². The first-order valence-corrected chi connectivity index (χ1v) is 12.5. The van der Waals surface area contributed by atoms with Gasteiger partial charge in [-0.2, -0.15) is 10.1 Å². The number of hydrazone groups is 1. The molecule has 2 atom stereocenters. The number of nitrogens with two attached hydrogens (primary N) is 1. The van der Waals surface area contributed by atoms with E-state index in [1.54, 1.807) is 6.21 Å². The third-order valence-electron chi connectivity index (χ3n) is 8.16. The fraction of sp³-hybridized carbons (Fsp3) is 0.200. The van der Waals surface area contributed by atoms with Gasteiger partial charge in [0.05, 0.1) is 18.1 Å². The molecule has 2 heterocycles. The van der Waals surface area contributed by atoms with Crippen LogP contribution in [0.2, 0.25) is 0 Å². The molecular formula is C30H24N4O3. The minimum absolute atomic E-state index is 0.158. The standard InChI is InChI=1S/C30H24N4O3/c31-24(35)13-14-33-16-17(18-7-5-6-12-23(18)33)15-32-34-29(36)27-25-19-8-1-2-9-20(19)26(28(27)30(34)37)22-11-4-3-10-21(22)25/h1-12,15-16,25-28H,13-14H2,(H2,31,35)/b32-15-/t25?,26?,27-,28-/m1/s1. The maximum Gasteiger partial charge on any atom is 0.254 e. The van der Waals surface area contributed by atoms with Crippen molar-refractivity contribution < 1.29 is 14.4 Å². The lowest BCUT2D eigenvalue weighted by molar-refractivity contribution is -0.140. The summed E-state index contributed by atoms with van der Waals surface area (Å²) in [7, 11) is 0. The molecule has 7 nitrogen and oxygen atoms in total. The molecule has 37 heavy (non-hydrogen) atoms. The molecule has 0 saturated carbocycles. The Bertz CT molecular complexity index is 1540. The van der Waals surface area contributed by atoms with E-state index in [4.69, 9.17) is 5.73 Å². The van der Waals surface area contributed by atoms with Crippen molar-refractivity contribution in [3.63, 3.8) is 0 Å². The monoisotopic (exact) mass is 488 g/mol. The normalized spacial score (nSPS) is 23.5. The van der Waals surface area contributed by atoms with Gasteiger partial charge in [0, 0.05) is 47.5 Å². The van der Waals surface area contributed by atoms with Gasteiger partial charge in [0.15, 0.2) is 0 Å². The van der Waals surface area contributed by atoms with Crippen molar-refractivity contribution in [1.29, 1.82) is 0 Å². The Morgan fingerprint density at radius 2 is 1.32 bits per heavy atom. The number of aromatic nitrogens is 1. The van der Waals surface area contributed by atoms with Crippen LogP contribution in [0.15, 0.2) is 84.1 Å². The molecule has 4 aromatic rings. The maximum absolute atomic E-state index is 13.8. The van der Waals surface area contributed by atoms with E-state index in [0.717, 1.165) is 43.7 Å². The Balaban J connectivity index is 1.27. The molecule has 0 unspecified atom stereocenters. The molecule has 1 saturated heterocycles. The summed E-state index contributed by atoms with van der Waals surface area (Å²) in [5.41, 5.74) is 11.6. The summed E-state index contributed by atoms with van der Waals surface area (Å²) >= 11 is 0. The van der Waals surface area contributed by atoms with Crippen molar-refractivity contribution in [3.05, 3.63) is 107 Å². The van der Waals surface area contributed by atoms with Gasteiger partial charge in [-0.25, -0.2) is 0 Å². The van der Waals surface area contributed by atoms with Gasteiger partial charge >= 0.3 is 0 Å². The van der Waals surface area contributed by atoms with Crippen molar-refractivity contribution in [1.82, 2.24) is 9.58 Å². The smallest absolute Gasteiger partial charge is 0.254 e. The zero-order valence-corrected chi connectivity index (χ0v) is 20.0. The Kier molecular flexibility index (Phi) is 4.70. The number of aryl methyl sites for hydroxylation is 1. The largest absolute Gasteiger partial charge is 0.370 e. The summed E-state index contributed by atoms with van der Waals surface area (Å²) < 4.78 is 1.95. The SMILES string of the molecule is NC(=O)CCn1cc(/C=N\N2C(=O)[C@@H]3C4c5ccccc5C(c5ccccc54)[C@H]3C2=O)c2ccccc21. The van der Waals surface area contributed by atoms with E-state index in [2.05, 4.69) is 29.4 Å². The maximum atomic E-state index is 13.8. The molecular weight excluding hydrogens is 464 g/mol. The topological polar surface area (TPSA) is 97.8 Å². The fourth-order valence-electron chi connectivity index (χ4n) is 6.69. The molecule has 3 aliphatic carbocycles. The molecule has 2 N–H and O–H groups in total. The third-order valence-corrected chi connectivity index (χ3v) is 8.16. The van der Waals surface area contributed by atoms with Crippen molar-refractivity contribution in [2.45, 2.75) is 24.8 Å². The van der Waals surface area contributed by atoms with Crippen molar-refractivity contribution >= 4 is 34.8 Å². The van der Waals surface area contributed by atoms with Crippen LogP contribution < -0.4 is 5.73 Å². The van der Waals surface area contributed by atoms with Crippen LogP contribution >= 0.6 is 0 Å². The highest BCUT2D eigenvalue weighted by molar-refractivity contribution is 6.09. The van der Waals surface area contributed by atoms with Crippen LogP contribution in [-0.4, -0.2) is 33.5 Å². The number of rotatable bonds is 5. The number of imide groups is 1. The summed E-state index contributed by atoms with van der Waals surface area (Å²) in [6.45, 7) is 0.440. The van der Waals surface area contributed by atoms with Gasteiger partial charge < -0.3 is 10.3 Å². The first-order valence-electron chi connectivity index (χ1n) is 12.5. The summed E-state index contributed by atoms with van der Waals surface area (Å²) in [5.74, 6) is -2.11. The molecule has 4 aliphatic rings. The molecule has 3 amide bonds. The van der Waals surface area contributed by atoms with E-state index < -0.39 is 11.8 Å². The zero-order valence-electron chi connectivity index (χ0n) is 20.0. The van der Waals surface area contributed by atoms with E-state index in [9.17, 15) is 14.4 Å². The molecule has 3 aromatic carbocycles. The number of amides is 3. The Hall–Kier alpha value is -4.52. The molecule has 7 heteroatoms. The molecule has 2 bridgehead atoms. The van der Waals surface area contributed by atoms with Gasteiger partial charge in [-0.1, -0.05) is 66.7 Å². The zero-order chi connectivity index (χ0) is 25.3. The predicted molar refractivity (Wildman–Crippen MR) is 139 cm³/mol. The molecule has 8 rings (SSSR count). The van der Waals surface area contributed by atoms with E-state index in [1.165, 1.54) is 0 Å². The first kappa shape index (κ1) is 21.7. The van der Waals surface area contributed by atoms with E-state index in [0.29, 0.717) is 6.54 Å². The number of fused-ring (bicyclic) bond motifs is 1. The van der Waals surface area contributed by atoms with E-state index >= 15 is 0 Å². The molecule has 1 aromatic heterocycles. The summed E-state index contributed by atoms with van der Waals surface area (Å²) in [4.78, 5) is 38.9. The number of primary amides is 1. The highest BCUT2D eigenvalue weighted by atomic mass is 16.2. The third kappa shape index (κ3) is 3.06. The average Bonchev–Trinajstić information content (AvgIpc) is 3.40. The minimum atomic E-state index is -0.462. The van der Waals surface area contributed by atoms with Crippen molar-refractivity contribution in [2.75, 3.05) is 0 Å². The molecule has 0 radical (unpaired) electrons.